The van der Waals surface area contributed by atoms with E-state index in [1.54, 1.807) is 0 Å². The zero-order valence-corrected chi connectivity index (χ0v) is 14.3. The normalized spacial score (nSPS) is 11.6. The van der Waals surface area contributed by atoms with Crippen LogP contribution in [0.3, 0.4) is 0 Å². The topological polar surface area (TPSA) is 0 Å². The molecule has 102 valence electrons. The van der Waals surface area contributed by atoms with Gasteiger partial charge in [-0.3, -0.25) is 0 Å². The molecule has 0 saturated heterocycles. The number of rotatable bonds is 4. The maximum absolute atomic E-state index is 3.63. The van der Waals surface area contributed by atoms with E-state index in [1.165, 1.54) is 27.1 Å². The summed E-state index contributed by atoms with van der Waals surface area (Å²) in [4.78, 5) is 0. The highest BCUT2D eigenvalue weighted by molar-refractivity contribution is 9.09. The average molecular weight is 392 g/mol. The molecular formula is C18H16Br2. The Morgan fingerprint density at radius 3 is 1.75 bits per heavy atom. The number of hydrogen-bond donors (Lipinski definition) is 0. The molecule has 0 heterocycles. The molecule has 3 aromatic rings. The molecule has 0 aliphatic carbocycles. The fourth-order valence-corrected chi connectivity index (χ4v) is 4.30. The first kappa shape index (κ1) is 14.1. The highest BCUT2D eigenvalue weighted by atomic mass is 79.9. The van der Waals surface area contributed by atoms with Crippen LogP contribution in [0, 0.1) is 5.92 Å². The molecule has 0 atom stereocenters. The van der Waals surface area contributed by atoms with Crippen LogP contribution in [0.5, 0.6) is 0 Å². The minimum absolute atomic E-state index is 0.615. The van der Waals surface area contributed by atoms with E-state index in [-0.39, 0.29) is 0 Å². The third kappa shape index (κ3) is 2.64. The van der Waals surface area contributed by atoms with Gasteiger partial charge in [0.1, 0.15) is 0 Å². The molecule has 20 heavy (non-hydrogen) atoms. The van der Waals surface area contributed by atoms with Crippen LogP contribution in [0.1, 0.15) is 5.56 Å². The zero-order chi connectivity index (χ0) is 13.9. The summed E-state index contributed by atoms with van der Waals surface area (Å²) >= 11 is 7.26. The predicted octanol–water partition coefficient (Wildman–Crippen LogP) is 5.94. The Kier molecular flexibility index (Phi) is 4.42. The van der Waals surface area contributed by atoms with Crippen LogP contribution >= 0.6 is 31.9 Å². The Morgan fingerprint density at radius 2 is 1.25 bits per heavy atom. The third-order valence-electron chi connectivity index (χ3n) is 3.81. The number of halogens is 2. The molecule has 0 unspecified atom stereocenters. The van der Waals surface area contributed by atoms with Crippen LogP contribution in [-0.4, -0.2) is 10.7 Å². The second kappa shape index (κ2) is 6.28. The second-order valence-corrected chi connectivity index (χ2v) is 6.47. The van der Waals surface area contributed by atoms with Crippen molar-refractivity contribution < 1.29 is 0 Å². The van der Waals surface area contributed by atoms with Crippen LogP contribution in [0.4, 0.5) is 0 Å². The van der Waals surface area contributed by atoms with Gasteiger partial charge in [-0.15, -0.1) is 0 Å². The van der Waals surface area contributed by atoms with Gasteiger partial charge in [0.05, 0.1) is 0 Å². The molecule has 3 rings (SSSR count). The maximum atomic E-state index is 3.63. The van der Waals surface area contributed by atoms with Crippen molar-refractivity contribution in [3.05, 3.63) is 60.2 Å². The molecule has 0 spiro atoms. The summed E-state index contributed by atoms with van der Waals surface area (Å²) in [7, 11) is 0. The van der Waals surface area contributed by atoms with Crippen molar-refractivity contribution in [1.29, 1.82) is 0 Å². The highest BCUT2D eigenvalue weighted by Crippen LogP contribution is 2.30. The molecule has 0 radical (unpaired) electrons. The fourth-order valence-electron chi connectivity index (χ4n) is 2.77. The zero-order valence-electron chi connectivity index (χ0n) is 11.2. The summed E-state index contributed by atoms with van der Waals surface area (Å²) < 4.78 is 0. The summed E-state index contributed by atoms with van der Waals surface area (Å²) in [5.41, 5.74) is 1.47. The molecule has 2 heteroatoms. The number of fused-ring (bicyclic) bond motifs is 2. The van der Waals surface area contributed by atoms with E-state index in [4.69, 9.17) is 0 Å². The molecule has 0 saturated carbocycles. The van der Waals surface area contributed by atoms with Gasteiger partial charge in [0.2, 0.25) is 0 Å². The van der Waals surface area contributed by atoms with Gasteiger partial charge in [0.25, 0.3) is 0 Å². The first-order valence-corrected chi connectivity index (χ1v) is 9.09. The lowest BCUT2D eigenvalue weighted by atomic mass is 9.91. The Balaban J connectivity index is 2.27. The van der Waals surface area contributed by atoms with E-state index in [0.717, 1.165) is 17.1 Å². The van der Waals surface area contributed by atoms with E-state index in [2.05, 4.69) is 86.5 Å². The Morgan fingerprint density at radius 1 is 0.750 bits per heavy atom. The smallest absolute Gasteiger partial charge is 0.00708 e. The van der Waals surface area contributed by atoms with Gasteiger partial charge in [-0.25, -0.2) is 0 Å². The van der Waals surface area contributed by atoms with Crippen molar-refractivity contribution in [3.8, 4) is 0 Å². The van der Waals surface area contributed by atoms with Gasteiger partial charge < -0.3 is 0 Å². The summed E-state index contributed by atoms with van der Waals surface area (Å²) in [5.74, 6) is 0.615. The van der Waals surface area contributed by atoms with Crippen LogP contribution in [0.2, 0.25) is 0 Å². The summed E-state index contributed by atoms with van der Waals surface area (Å²) in [6, 6.07) is 19.7. The predicted molar refractivity (Wildman–Crippen MR) is 96.2 cm³/mol. The molecule has 3 aromatic carbocycles. The second-order valence-electron chi connectivity index (χ2n) is 5.18. The molecule has 0 nitrogen and oxygen atoms in total. The molecule has 0 aliphatic heterocycles. The standard InChI is InChI=1S/C18H16Br2/c19-11-13(12-20)9-18-16-7-3-1-5-14(16)10-15-6-2-4-8-17(15)18/h1-8,10,13H,9,11-12H2. The largest absolute Gasteiger partial charge is 0.0925 e. The van der Waals surface area contributed by atoms with Crippen molar-refractivity contribution in [3.63, 3.8) is 0 Å². The lowest BCUT2D eigenvalue weighted by Crippen LogP contribution is -2.08. The quantitative estimate of drug-likeness (QED) is 0.381. The van der Waals surface area contributed by atoms with Crippen LogP contribution in [0.15, 0.2) is 54.6 Å². The summed E-state index contributed by atoms with van der Waals surface area (Å²) in [6.45, 7) is 0. The van der Waals surface area contributed by atoms with E-state index in [1.807, 2.05) is 0 Å². The van der Waals surface area contributed by atoms with E-state index < -0.39 is 0 Å². The number of benzene rings is 3. The van der Waals surface area contributed by atoms with Crippen LogP contribution in [-0.2, 0) is 6.42 Å². The van der Waals surface area contributed by atoms with Crippen molar-refractivity contribution >= 4 is 53.4 Å². The minimum Gasteiger partial charge on any atom is -0.0925 e. The van der Waals surface area contributed by atoms with Crippen molar-refractivity contribution in [2.45, 2.75) is 6.42 Å². The number of hydrogen-bond acceptors (Lipinski definition) is 0. The Hall–Kier alpha value is -0.860. The van der Waals surface area contributed by atoms with Crippen LogP contribution < -0.4 is 0 Å². The van der Waals surface area contributed by atoms with Gasteiger partial charge in [0, 0.05) is 10.7 Å². The molecule has 0 amide bonds. The van der Waals surface area contributed by atoms with E-state index in [9.17, 15) is 0 Å². The molecule has 0 N–H and O–H groups in total. The first-order valence-electron chi connectivity index (χ1n) is 6.84. The van der Waals surface area contributed by atoms with Crippen LogP contribution in [0.25, 0.3) is 21.5 Å². The lowest BCUT2D eigenvalue weighted by Gasteiger charge is -2.16. The van der Waals surface area contributed by atoms with Gasteiger partial charge in [-0.1, -0.05) is 80.4 Å². The van der Waals surface area contributed by atoms with Crippen molar-refractivity contribution in [2.75, 3.05) is 10.7 Å². The lowest BCUT2D eigenvalue weighted by molar-refractivity contribution is 0.686. The van der Waals surface area contributed by atoms with Gasteiger partial charge in [-0.05, 0) is 45.5 Å². The molecule has 0 aromatic heterocycles. The Labute approximate surface area is 136 Å². The van der Waals surface area contributed by atoms with E-state index >= 15 is 0 Å². The van der Waals surface area contributed by atoms with E-state index in [0.29, 0.717) is 5.92 Å². The Bertz CT molecular complexity index is 676. The van der Waals surface area contributed by atoms with Crippen molar-refractivity contribution in [2.24, 2.45) is 5.92 Å². The van der Waals surface area contributed by atoms with Crippen molar-refractivity contribution in [1.82, 2.24) is 0 Å². The van der Waals surface area contributed by atoms with Gasteiger partial charge >= 0.3 is 0 Å². The minimum atomic E-state index is 0.615. The number of alkyl halides is 2. The fraction of sp³-hybridized carbons (Fsp3) is 0.222. The molecule has 0 aliphatic rings. The third-order valence-corrected chi connectivity index (χ3v) is 5.64. The average Bonchev–Trinajstić information content (AvgIpc) is 2.51. The molecule has 0 bridgehead atoms. The summed E-state index contributed by atoms with van der Waals surface area (Å²) in [6.07, 6.45) is 1.10. The maximum Gasteiger partial charge on any atom is 0.00708 e. The van der Waals surface area contributed by atoms with Gasteiger partial charge in [-0.2, -0.15) is 0 Å². The monoisotopic (exact) mass is 390 g/mol. The molecule has 0 fully saturated rings. The first-order chi connectivity index (χ1) is 9.83. The molecular weight excluding hydrogens is 376 g/mol. The van der Waals surface area contributed by atoms with Gasteiger partial charge in [0.15, 0.2) is 0 Å². The summed E-state index contributed by atoms with van der Waals surface area (Å²) in [5, 5.41) is 7.50. The SMILES string of the molecule is BrCC(CBr)Cc1c2ccccc2cc2ccccc12. The highest BCUT2D eigenvalue weighted by Gasteiger charge is 2.12.